The van der Waals surface area contributed by atoms with Crippen LogP contribution in [0.5, 0.6) is 0 Å². The smallest absolute Gasteiger partial charge is 0.330 e. The molecule has 0 atom stereocenters. The van der Waals surface area contributed by atoms with Crippen LogP contribution in [0.4, 0.5) is 0 Å². The summed E-state index contributed by atoms with van der Waals surface area (Å²) in [6.07, 6.45) is 14.3. The van der Waals surface area contributed by atoms with E-state index >= 15 is 0 Å². The molecule has 0 aromatic rings. The van der Waals surface area contributed by atoms with Crippen molar-refractivity contribution in [1.82, 2.24) is 0 Å². The van der Waals surface area contributed by atoms with Gasteiger partial charge in [-0.05, 0) is 12.8 Å². The molecule has 0 aromatic heterocycles. The van der Waals surface area contributed by atoms with Crippen molar-refractivity contribution in [2.45, 2.75) is 77.0 Å². The fourth-order valence-corrected chi connectivity index (χ4v) is 4.76. The normalized spacial score (nSPS) is 10.7. The molecule has 0 amide bonds. The summed E-state index contributed by atoms with van der Waals surface area (Å²) in [5, 5.41) is 0. The Morgan fingerprint density at radius 1 is 0.293 bits per heavy atom. The predicted octanol–water partition coefficient (Wildman–Crippen LogP) is 5.10. The molecule has 0 N–H and O–H groups in total. The van der Waals surface area contributed by atoms with E-state index in [2.05, 4.69) is 39.5 Å². The van der Waals surface area contributed by atoms with Gasteiger partial charge in [0.25, 0.3) is 0 Å². The maximum Gasteiger partial charge on any atom is 0.330 e. The van der Waals surface area contributed by atoms with Gasteiger partial charge in [-0.25, -0.2) is 28.8 Å². The van der Waals surface area contributed by atoms with Crippen molar-refractivity contribution in [3.8, 4) is 0 Å². The summed E-state index contributed by atoms with van der Waals surface area (Å²) < 4.78 is 41.6. The van der Waals surface area contributed by atoms with E-state index in [-0.39, 0.29) is 26.1 Å². The molecule has 0 heterocycles. The Bertz CT molecular complexity index is 1200. The molecule has 0 radical (unpaired) electrons. The van der Waals surface area contributed by atoms with Crippen LogP contribution in [0.1, 0.15) is 77.0 Å². The first-order valence-electron chi connectivity index (χ1n) is 18.8. The molecule has 0 saturated heterocycles. The highest BCUT2D eigenvalue weighted by atomic mass is 16.6. The number of carbonyl (C=O) groups is 8. The molecule has 0 unspecified atom stereocenters. The molecule has 0 aliphatic carbocycles. The minimum Gasteiger partial charge on any atom is -0.465 e. The lowest BCUT2D eigenvalue weighted by atomic mass is 9.92. The lowest BCUT2D eigenvalue weighted by molar-refractivity contribution is -0.169. The zero-order valence-corrected chi connectivity index (χ0v) is 33.4. The van der Waals surface area contributed by atoms with E-state index in [4.69, 9.17) is 37.9 Å². The Kier molecular flexibility index (Phi) is 28.2. The average molecular weight is 819 g/mol. The first kappa shape index (κ1) is 52.2. The van der Waals surface area contributed by atoms with Crippen LogP contribution in [0.3, 0.4) is 0 Å². The first-order chi connectivity index (χ1) is 27.7. The van der Waals surface area contributed by atoms with E-state index in [9.17, 15) is 38.4 Å². The molecule has 0 fully saturated rings. The summed E-state index contributed by atoms with van der Waals surface area (Å²) >= 11 is 0. The molecule has 322 valence electrons. The summed E-state index contributed by atoms with van der Waals surface area (Å²) in [6.45, 7) is 16.8. The van der Waals surface area contributed by atoms with Crippen LogP contribution in [0.2, 0.25) is 0 Å². The Balaban J connectivity index is 4.64. The molecule has 0 rings (SSSR count). The second kappa shape index (κ2) is 31.3. The summed E-state index contributed by atoms with van der Waals surface area (Å²) in [4.78, 5) is 95.6. The lowest BCUT2D eigenvalue weighted by Gasteiger charge is -2.31. The van der Waals surface area contributed by atoms with E-state index < -0.39 is 98.2 Å². The molecule has 0 aliphatic heterocycles. The third-order valence-corrected chi connectivity index (χ3v) is 8.21. The minimum atomic E-state index is -1.39. The molecular formula is C42H58O16. The average Bonchev–Trinajstić information content (AvgIpc) is 3.24. The molecule has 16 heteroatoms. The lowest BCUT2D eigenvalue weighted by Crippen LogP contribution is -2.43. The molecule has 0 aliphatic rings. The number of carbonyl (C=O) groups excluding carboxylic acids is 8. The van der Waals surface area contributed by atoms with Gasteiger partial charge in [-0.3, -0.25) is 9.59 Å². The van der Waals surface area contributed by atoms with Crippen molar-refractivity contribution in [3.05, 3.63) is 75.9 Å². The topological polar surface area (TPSA) is 210 Å². The van der Waals surface area contributed by atoms with Crippen LogP contribution in [-0.4, -0.2) is 101 Å². The number of unbranched alkanes of at least 4 members (excludes halogenated alkanes) is 9. The van der Waals surface area contributed by atoms with Crippen LogP contribution in [0.15, 0.2) is 75.9 Å². The van der Waals surface area contributed by atoms with Crippen molar-refractivity contribution in [3.63, 3.8) is 0 Å². The third kappa shape index (κ3) is 25.4. The number of esters is 8. The van der Waals surface area contributed by atoms with Gasteiger partial charge in [0.1, 0.15) is 63.7 Å². The van der Waals surface area contributed by atoms with E-state index in [1.165, 1.54) is 0 Å². The highest BCUT2D eigenvalue weighted by Gasteiger charge is 2.38. The van der Waals surface area contributed by atoms with Crippen molar-refractivity contribution in [2.24, 2.45) is 10.8 Å². The van der Waals surface area contributed by atoms with E-state index in [1.54, 1.807) is 0 Å². The van der Waals surface area contributed by atoms with Gasteiger partial charge in [-0.15, -0.1) is 0 Å². The van der Waals surface area contributed by atoms with Crippen molar-refractivity contribution < 1.29 is 76.3 Å². The van der Waals surface area contributed by atoms with Gasteiger partial charge in [-0.1, -0.05) is 90.8 Å². The van der Waals surface area contributed by atoms with Gasteiger partial charge in [0, 0.05) is 49.3 Å². The highest BCUT2D eigenvalue weighted by molar-refractivity contribution is 5.83. The van der Waals surface area contributed by atoms with Crippen molar-refractivity contribution in [1.29, 1.82) is 0 Å². The van der Waals surface area contributed by atoms with Gasteiger partial charge in [0.15, 0.2) is 0 Å². The highest BCUT2D eigenvalue weighted by Crippen LogP contribution is 2.24. The van der Waals surface area contributed by atoms with Crippen molar-refractivity contribution in [2.75, 3.05) is 52.9 Å². The van der Waals surface area contributed by atoms with Crippen LogP contribution in [-0.2, 0) is 76.3 Å². The molecule has 0 spiro atoms. The van der Waals surface area contributed by atoms with Gasteiger partial charge in [0.2, 0.25) is 0 Å². The first-order valence-corrected chi connectivity index (χ1v) is 18.8. The Morgan fingerprint density at radius 3 is 0.655 bits per heavy atom. The number of rotatable bonds is 35. The predicted molar refractivity (Wildman–Crippen MR) is 209 cm³/mol. The van der Waals surface area contributed by atoms with E-state index in [1.807, 2.05) is 0 Å². The molecule has 0 saturated carbocycles. The van der Waals surface area contributed by atoms with Crippen molar-refractivity contribution >= 4 is 47.8 Å². The second-order valence-electron chi connectivity index (χ2n) is 13.2. The van der Waals surface area contributed by atoms with Gasteiger partial charge in [0.05, 0.1) is 0 Å². The standard InChI is InChI=1S/C42H58O16/c1-7-33(43)51-25-41(26-52-34(44)8-2,27-53-35(45)9-3)31-57-39(49)23-21-19-17-15-13-14-16-18-20-22-24-40(50)58-32-42(28-54-36(46)10-4,29-55-37(47)11-5)30-56-38(48)12-6/h7-12H,1-6,13-32H2. The summed E-state index contributed by atoms with van der Waals surface area (Å²) in [7, 11) is 0. The quantitative estimate of drug-likeness (QED) is 0.0352. The Hall–Kier alpha value is -5.80. The summed E-state index contributed by atoms with van der Waals surface area (Å²) in [5.74, 6) is -5.70. The summed E-state index contributed by atoms with van der Waals surface area (Å²) in [6, 6.07) is 0. The van der Waals surface area contributed by atoms with Gasteiger partial charge in [-0.2, -0.15) is 0 Å². The molecule has 58 heavy (non-hydrogen) atoms. The molecule has 0 bridgehead atoms. The number of hydrogen-bond acceptors (Lipinski definition) is 16. The largest absolute Gasteiger partial charge is 0.465 e. The maximum absolute atomic E-state index is 12.6. The minimum absolute atomic E-state index is 0.124. The van der Waals surface area contributed by atoms with Crippen LogP contribution in [0, 0.1) is 10.8 Å². The summed E-state index contributed by atoms with van der Waals surface area (Å²) in [5.41, 5.74) is -2.77. The second-order valence-corrected chi connectivity index (χ2v) is 13.2. The molecule has 16 nitrogen and oxygen atoms in total. The number of ether oxygens (including phenoxy) is 8. The molecule has 0 aromatic carbocycles. The SMILES string of the molecule is C=CC(=O)OCC(COC(=O)C=C)(COC(=O)C=C)COC(=O)CCCCCCCCCCCCC(=O)OCC(COC(=O)C=C)(COC(=O)C=C)COC(=O)C=C. The fraction of sp³-hybridized carbons (Fsp3) is 0.524. The number of hydrogen-bond donors (Lipinski definition) is 0. The zero-order valence-electron chi connectivity index (χ0n) is 33.4. The Morgan fingerprint density at radius 2 is 0.466 bits per heavy atom. The van der Waals surface area contributed by atoms with Crippen LogP contribution < -0.4 is 0 Å². The zero-order chi connectivity index (χ0) is 43.7. The van der Waals surface area contributed by atoms with Crippen LogP contribution >= 0.6 is 0 Å². The van der Waals surface area contributed by atoms with E-state index in [0.29, 0.717) is 12.8 Å². The maximum atomic E-state index is 12.6. The third-order valence-electron chi connectivity index (χ3n) is 8.21. The van der Waals surface area contributed by atoms with Crippen LogP contribution in [0.25, 0.3) is 0 Å². The molecular weight excluding hydrogens is 760 g/mol. The fourth-order valence-electron chi connectivity index (χ4n) is 4.76. The Labute approximate surface area is 340 Å². The van der Waals surface area contributed by atoms with Gasteiger partial charge < -0.3 is 37.9 Å². The monoisotopic (exact) mass is 818 g/mol. The van der Waals surface area contributed by atoms with Gasteiger partial charge >= 0.3 is 47.8 Å². The van der Waals surface area contributed by atoms with E-state index in [0.717, 1.165) is 87.8 Å².